The Hall–Kier alpha value is -0.800. The lowest BCUT2D eigenvalue weighted by Crippen LogP contribution is -2.10. The predicted molar refractivity (Wildman–Crippen MR) is 54.1 cm³/mol. The van der Waals surface area contributed by atoms with Gasteiger partial charge in [0.25, 0.3) is 0 Å². The van der Waals surface area contributed by atoms with Gasteiger partial charge >= 0.3 is 0 Å². The second-order valence-corrected chi connectivity index (χ2v) is 2.56. The van der Waals surface area contributed by atoms with Crippen LogP contribution < -0.4 is 5.73 Å². The van der Waals surface area contributed by atoms with Gasteiger partial charge in [-0.25, -0.2) is 0 Å². The predicted octanol–water partition coefficient (Wildman–Crippen LogP) is 1.81. The molecule has 0 fully saturated rings. The Kier molecular flexibility index (Phi) is 7.35. The molecule has 0 spiro atoms. The molecule has 0 aromatic carbocycles. The molecular formula is C10H19NO2. The molecule has 0 radical (unpaired) electrons. The number of nitrogens with two attached hydrogens (primary N) is 1. The van der Waals surface area contributed by atoms with E-state index < -0.39 is 0 Å². The average Bonchev–Trinajstić information content (AvgIpc) is 2.14. The van der Waals surface area contributed by atoms with Gasteiger partial charge in [0.1, 0.15) is 6.61 Å². The van der Waals surface area contributed by atoms with Crippen LogP contribution in [0.4, 0.5) is 0 Å². The topological polar surface area (TPSA) is 44.5 Å². The molecule has 2 N–H and O–H groups in total. The van der Waals surface area contributed by atoms with E-state index in [0.29, 0.717) is 13.2 Å². The summed E-state index contributed by atoms with van der Waals surface area (Å²) in [6.45, 7) is 9.03. The van der Waals surface area contributed by atoms with E-state index >= 15 is 0 Å². The lowest BCUT2D eigenvalue weighted by molar-refractivity contribution is 0.0791. The largest absolute Gasteiger partial charge is 0.496 e. The van der Waals surface area contributed by atoms with Crippen molar-refractivity contribution in [1.82, 2.24) is 0 Å². The number of rotatable bonds is 7. The molecule has 76 valence electrons. The molecule has 0 aromatic heterocycles. The summed E-state index contributed by atoms with van der Waals surface area (Å²) in [5, 5.41) is 0. The van der Waals surface area contributed by atoms with E-state index in [1.165, 1.54) is 0 Å². The van der Waals surface area contributed by atoms with Gasteiger partial charge in [0, 0.05) is 0 Å². The van der Waals surface area contributed by atoms with E-state index in [1.807, 2.05) is 13.0 Å². The summed E-state index contributed by atoms with van der Waals surface area (Å²) in [6, 6.07) is 0. The molecule has 3 heteroatoms. The van der Waals surface area contributed by atoms with Crippen LogP contribution >= 0.6 is 0 Å². The molecular weight excluding hydrogens is 166 g/mol. The first-order valence-corrected chi connectivity index (χ1v) is 4.49. The zero-order valence-corrected chi connectivity index (χ0v) is 8.51. The van der Waals surface area contributed by atoms with E-state index in [0.717, 1.165) is 17.8 Å². The quantitative estimate of drug-likeness (QED) is 0.285. The van der Waals surface area contributed by atoms with Gasteiger partial charge in [0.2, 0.25) is 0 Å². The first kappa shape index (κ1) is 12.2. The molecule has 0 aliphatic heterocycles. The lowest BCUT2D eigenvalue weighted by atomic mass is 10.2. The van der Waals surface area contributed by atoms with Crippen molar-refractivity contribution in [3.8, 4) is 0 Å². The standard InChI is InChI=1S/C10H19NO2/c1-4-10(5-2)9(3)13-7-6-12-8-11/h4H,1,5-8,11H2,2-3H3/b10-9-. The third-order valence-electron chi connectivity index (χ3n) is 1.74. The molecule has 0 unspecified atom stereocenters. The highest BCUT2D eigenvalue weighted by atomic mass is 16.5. The first-order chi connectivity index (χ1) is 6.26. The van der Waals surface area contributed by atoms with Crippen LogP contribution in [0.5, 0.6) is 0 Å². The third kappa shape index (κ3) is 5.44. The molecule has 0 bridgehead atoms. The van der Waals surface area contributed by atoms with Gasteiger partial charge in [-0.15, -0.1) is 0 Å². The minimum atomic E-state index is 0.244. The summed E-state index contributed by atoms with van der Waals surface area (Å²) >= 11 is 0. The highest BCUT2D eigenvalue weighted by Gasteiger charge is 1.96. The average molecular weight is 185 g/mol. The van der Waals surface area contributed by atoms with Gasteiger partial charge in [-0.2, -0.15) is 0 Å². The summed E-state index contributed by atoms with van der Waals surface area (Å²) in [4.78, 5) is 0. The Morgan fingerprint density at radius 1 is 1.46 bits per heavy atom. The molecule has 0 aliphatic rings. The van der Waals surface area contributed by atoms with Gasteiger partial charge in [0.05, 0.1) is 19.1 Å². The Labute approximate surface area is 80.2 Å². The van der Waals surface area contributed by atoms with Crippen LogP contribution in [-0.2, 0) is 9.47 Å². The summed E-state index contributed by atoms with van der Waals surface area (Å²) < 4.78 is 10.4. The summed E-state index contributed by atoms with van der Waals surface area (Å²) in [7, 11) is 0. The van der Waals surface area contributed by atoms with E-state index in [9.17, 15) is 0 Å². The fraction of sp³-hybridized carbons (Fsp3) is 0.600. The van der Waals surface area contributed by atoms with E-state index in [1.54, 1.807) is 0 Å². The smallest absolute Gasteiger partial charge is 0.111 e. The Bertz CT molecular complexity index is 176. The van der Waals surface area contributed by atoms with Crippen LogP contribution in [-0.4, -0.2) is 19.9 Å². The maximum absolute atomic E-state index is 5.42. The molecule has 0 saturated heterocycles. The summed E-state index contributed by atoms with van der Waals surface area (Å²) in [6.07, 6.45) is 2.76. The molecule has 0 aromatic rings. The molecule has 13 heavy (non-hydrogen) atoms. The van der Waals surface area contributed by atoms with Crippen LogP contribution in [0.1, 0.15) is 20.3 Å². The van der Waals surface area contributed by atoms with E-state index in [2.05, 4.69) is 13.5 Å². The zero-order valence-electron chi connectivity index (χ0n) is 8.51. The molecule has 0 amide bonds. The second-order valence-electron chi connectivity index (χ2n) is 2.56. The van der Waals surface area contributed by atoms with Gasteiger partial charge in [-0.3, -0.25) is 0 Å². The number of hydrogen-bond donors (Lipinski definition) is 1. The fourth-order valence-electron chi connectivity index (χ4n) is 0.967. The monoisotopic (exact) mass is 185 g/mol. The Morgan fingerprint density at radius 2 is 2.15 bits per heavy atom. The lowest BCUT2D eigenvalue weighted by Gasteiger charge is -2.09. The molecule has 0 heterocycles. The van der Waals surface area contributed by atoms with E-state index in [-0.39, 0.29) is 6.73 Å². The van der Waals surface area contributed by atoms with Crippen LogP contribution in [0.3, 0.4) is 0 Å². The van der Waals surface area contributed by atoms with Crippen LogP contribution in [0.2, 0.25) is 0 Å². The van der Waals surface area contributed by atoms with Crippen LogP contribution in [0.25, 0.3) is 0 Å². The van der Waals surface area contributed by atoms with Crippen molar-refractivity contribution in [2.45, 2.75) is 20.3 Å². The SMILES string of the molecule is C=C/C(CC)=C(\C)OCCOCN. The van der Waals surface area contributed by atoms with Crippen molar-refractivity contribution in [3.63, 3.8) is 0 Å². The number of ether oxygens (including phenoxy) is 2. The van der Waals surface area contributed by atoms with Gasteiger partial charge in [0.15, 0.2) is 0 Å². The number of allylic oxidation sites excluding steroid dienone is 3. The second kappa shape index (κ2) is 7.83. The van der Waals surface area contributed by atoms with Crippen molar-refractivity contribution in [1.29, 1.82) is 0 Å². The number of hydrogen-bond acceptors (Lipinski definition) is 3. The minimum absolute atomic E-state index is 0.244. The molecule has 0 rings (SSSR count). The Morgan fingerprint density at radius 3 is 2.62 bits per heavy atom. The molecule has 3 nitrogen and oxygen atoms in total. The van der Waals surface area contributed by atoms with Gasteiger partial charge in [-0.1, -0.05) is 19.6 Å². The van der Waals surface area contributed by atoms with Crippen molar-refractivity contribution < 1.29 is 9.47 Å². The molecule has 0 saturated carbocycles. The van der Waals surface area contributed by atoms with Crippen molar-refractivity contribution in [3.05, 3.63) is 24.0 Å². The fourth-order valence-corrected chi connectivity index (χ4v) is 0.967. The molecule has 0 aliphatic carbocycles. The maximum atomic E-state index is 5.42. The van der Waals surface area contributed by atoms with Crippen molar-refractivity contribution >= 4 is 0 Å². The highest BCUT2D eigenvalue weighted by molar-refractivity contribution is 5.18. The van der Waals surface area contributed by atoms with Crippen molar-refractivity contribution in [2.24, 2.45) is 5.73 Å². The molecule has 0 atom stereocenters. The van der Waals surface area contributed by atoms with Crippen LogP contribution in [0.15, 0.2) is 24.0 Å². The first-order valence-electron chi connectivity index (χ1n) is 4.49. The van der Waals surface area contributed by atoms with Gasteiger partial charge in [-0.05, 0) is 18.9 Å². The zero-order chi connectivity index (χ0) is 10.1. The highest BCUT2D eigenvalue weighted by Crippen LogP contribution is 2.09. The summed E-state index contributed by atoms with van der Waals surface area (Å²) in [5.41, 5.74) is 6.28. The van der Waals surface area contributed by atoms with Gasteiger partial charge < -0.3 is 15.2 Å². The van der Waals surface area contributed by atoms with Crippen LogP contribution in [0, 0.1) is 0 Å². The maximum Gasteiger partial charge on any atom is 0.111 e. The Balaban J connectivity index is 3.76. The third-order valence-corrected chi connectivity index (χ3v) is 1.74. The van der Waals surface area contributed by atoms with Crippen molar-refractivity contribution in [2.75, 3.05) is 19.9 Å². The normalized spacial score (nSPS) is 12.2. The summed E-state index contributed by atoms with van der Waals surface area (Å²) in [5.74, 6) is 0.915. The van der Waals surface area contributed by atoms with E-state index in [4.69, 9.17) is 15.2 Å². The minimum Gasteiger partial charge on any atom is -0.496 e.